The third kappa shape index (κ3) is 3.17. The minimum Gasteiger partial charge on any atom is -0.463 e. The van der Waals surface area contributed by atoms with Crippen molar-refractivity contribution in [3.05, 3.63) is 24.0 Å². The smallest absolute Gasteiger partial charge is 0.294 e. The van der Waals surface area contributed by atoms with Crippen LogP contribution in [-0.2, 0) is 0 Å². The fourth-order valence-corrected chi connectivity index (χ4v) is 1.55. The first-order chi connectivity index (χ1) is 8.29. The number of benzene rings is 1. The quantitative estimate of drug-likeness (QED) is 0.756. The van der Waals surface area contributed by atoms with Gasteiger partial charge in [0.25, 0.3) is 6.01 Å². The van der Waals surface area contributed by atoms with Crippen LogP contribution in [0, 0.1) is 5.82 Å². The topological polar surface area (TPSA) is 49.9 Å². The Morgan fingerprint density at radius 1 is 1.41 bits per heavy atom. The van der Waals surface area contributed by atoms with E-state index in [4.69, 9.17) is 4.74 Å². The van der Waals surface area contributed by atoms with Gasteiger partial charge >= 0.3 is 0 Å². The molecule has 2 N–H and O–H groups in total. The van der Waals surface area contributed by atoms with Crippen LogP contribution in [0.1, 0.15) is 13.3 Å². The first kappa shape index (κ1) is 11.9. The van der Waals surface area contributed by atoms with Gasteiger partial charge in [-0.05, 0) is 31.2 Å². The summed E-state index contributed by atoms with van der Waals surface area (Å²) in [4.78, 5) is 7.13. The van der Waals surface area contributed by atoms with E-state index in [1.165, 1.54) is 12.1 Å². The van der Waals surface area contributed by atoms with Gasteiger partial charge < -0.3 is 15.0 Å². The molecule has 0 saturated heterocycles. The number of rotatable bonds is 6. The Morgan fingerprint density at radius 2 is 2.29 bits per heavy atom. The van der Waals surface area contributed by atoms with Gasteiger partial charge in [-0.1, -0.05) is 6.92 Å². The average molecular weight is 237 g/mol. The molecule has 0 aliphatic rings. The van der Waals surface area contributed by atoms with E-state index in [0.717, 1.165) is 19.5 Å². The van der Waals surface area contributed by atoms with E-state index < -0.39 is 0 Å². The van der Waals surface area contributed by atoms with Crippen molar-refractivity contribution in [1.29, 1.82) is 0 Å². The summed E-state index contributed by atoms with van der Waals surface area (Å²) in [6, 6.07) is 4.85. The predicted octanol–water partition coefficient (Wildman–Crippen LogP) is 2.08. The van der Waals surface area contributed by atoms with Crippen LogP contribution in [-0.4, -0.2) is 29.7 Å². The molecule has 92 valence electrons. The molecule has 0 fully saturated rings. The Hall–Kier alpha value is -1.62. The highest BCUT2D eigenvalue weighted by atomic mass is 19.1. The van der Waals surface area contributed by atoms with Gasteiger partial charge in [-0.2, -0.15) is 4.98 Å². The van der Waals surface area contributed by atoms with Gasteiger partial charge in [-0.25, -0.2) is 4.39 Å². The van der Waals surface area contributed by atoms with Crippen LogP contribution < -0.4 is 10.1 Å². The second-order valence-electron chi connectivity index (χ2n) is 3.80. The lowest BCUT2D eigenvalue weighted by Gasteiger charge is -2.03. The van der Waals surface area contributed by atoms with Gasteiger partial charge in [0.1, 0.15) is 12.4 Å². The second kappa shape index (κ2) is 5.63. The number of H-pyrrole nitrogens is 1. The molecule has 0 saturated carbocycles. The summed E-state index contributed by atoms with van der Waals surface area (Å²) >= 11 is 0. The van der Waals surface area contributed by atoms with Gasteiger partial charge in [0.15, 0.2) is 0 Å². The monoisotopic (exact) mass is 237 g/mol. The molecule has 0 spiro atoms. The van der Waals surface area contributed by atoms with Crippen molar-refractivity contribution < 1.29 is 9.13 Å². The summed E-state index contributed by atoms with van der Waals surface area (Å²) in [6.45, 7) is 4.41. The Morgan fingerprint density at radius 3 is 3.12 bits per heavy atom. The van der Waals surface area contributed by atoms with Crippen LogP contribution in [0.25, 0.3) is 11.0 Å². The first-order valence-corrected chi connectivity index (χ1v) is 5.78. The van der Waals surface area contributed by atoms with Crippen LogP contribution in [0.5, 0.6) is 6.01 Å². The van der Waals surface area contributed by atoms with Crippen molar-refractivity contribution in [2.24, 2.45) is 0 Å². The van der Waals surface area contributed by atoms with Crippen molar-refractivity contribution in [2.45, 2.75) is 13.3 Å². The van der Waals surface area contributed by atoms with Crippen molar-refractivity contribution in [2.75, 3.05) is 19.7 Å². The summed E-state index contributed by atoms with van der Waals surface area (Å²) in [5.74, 6) is -0.280. The largest absolute Gasteiger partial charge is 0.463 e. The second-order valence-corrected chi connectivity index (χ2v) is 3.80. The summed E-state index contributed by atoms with van der Waals surface area (Å²) in [6.07, 6.45) is 1.10. The zero-order valence-corrected chi connectivity index (χ0v) is 9.79. The van der Waals surface area contributed by atoms with Crippen LogP contribution in [0.2, 0.25) is 0 Å². The Labute approximate surface area is 99.2 Å². The predicted molar refractivity (Wildman–Crippen MR) is 64.7 cm³/mol. The molecule has 0 unspecified atom stereocenters. The Balaban J connectivity index is 1.91. The standard InChI is InChI=1S/C12H16FN3O/c1-2-5-14-6-7-17-12-15-10-4-3-9(13)8-11(10)16-12/h3-4,8,14H,2,5-7H2,1H3,(H,15,16). The fraction of sp³-hybridized carbons (Fsp3) is 0.417. The number of ether oxygens (including phenoxy) is 1. The Bertz CT molecular complexity index is 484. The molecule has 1 aromatic heterocycles. The van der Waals surface area contributed by atoms with E-state index >= 15 is 0 Å². The summed E-state index contributed by atoms with van der Waals surface area (Å²) in [7, 11) is 0. The number of hydrogen-bond acceptors (Lipinski definition) is 3. The number of fused-ring (bicyclic) bond motifs is 1. The van der Waals surface area contributed by atoms with E-state index in [1.807, 2.05) is 0 Å². The number of imidazole rings is 1. The average Bonchev–Trinajstić information content (AvgIpc) is 2.70. The maximum absolute atomic E-state index is 12.9. The molecule has 4 nitrogen and oxygen atoms in total. The highest BCUT2D eigenvalue weighted by Gasteiger charge is 2.03. The van der Waals surface area contributed by atoms with E-state index in [9.17, 15) is 4.39 Å². The maximum Gasteiger partial charge on any atom is 0.294 e. The first-order valence-electron chi connectivity index (χ1n) is 5.78. The molecule has 0 aliphatic carbocycles. The minimum atomic E-state index is -0.280. The van der Waals surface area contributed by atoms with Gasteiger partial charge in [-0.3, -0.25) is 0 Å². The number of halogens is 1. The maximum atomic E-state index is 12.9. The molecule has 2 aromatic rings. The third-order valence-electron chi connectivity index (χ3n) is 2.37. The molecule has 0 bridgehead atoms. The number of hydrogen-bond donors (Lipinski definition) is 2. The van der Waals surface area contributed by atoms with E-state index in [-0.39, 0.29) is 5.82 Å². The highest BCUT2D eigenvalue weighted by molar-refractivity contribution is 5.75. The van der Waals surface area contributed by atoms with Gasteiger partial charge in [0.05, 0.1) is 11.0 Å². The highest BCUT2D eigenvalue weighted by Crippen LogP contribution is 2.16. The molecule has 1 aromatic carbocycles. The number of nitrogens with one attached hydrogen (secondary N) is 2. The van der Waals surface area contributed by atoms with E-state index in [2.05, 4.69) is 22.2 Å². The normalized spacial score (nSPS) is 10.9. The lowest BCUT2D eigenvalue weighted by atomic mass is 10.3. The minimum absolute atomic E-state index is 0.280. The lowest BCUT2D eigenvalue weighted by Crippen LogP contribution is -2.21. The fourth-order valence-electron chi connectivity index (χ4n) is 1.55. The molecule has 0 aliphatic heterocycles. The van der Waals surface area contributed by atoms with Gasteiger partial charge in [0, 0.05) is 6.54 Å². The van der Waals surface area contributed by atoms with E-state index in [0.29, 0.717) is 23.7 Å². The van der Waals surface area contributed by atoms with Crippen LogP contribution in [0.4, 0.5) is 4.39 Å². The van der Waals surface area contributed by atoms with Crippen molar-refractivity contribution >= 4 is 11.0 Å². The Kier molecular flexibility index (Phi) is 3.93. The zero-order valence-electron chi connectivity index (χ0n) is 9.79. The summed E-state index contributed by atoms with van der Waals surface area (Å²) < 4.78 is 18.4. The molecule has 0 atom stereocenters. The van der Waals surface area contributed by atoms with Crippen LogP contribution in [0.3, 0.4) is 0 Å². The zero-order chi connectivity index (χ0) is 12.1. The summed E-state index contributed by atoms with van der Waals surface area (Å²) in [5.41, 5.74) is 1.37. The van der Waals surface area contributed by atoms with E-state index in [1.54, 1.807) is 6.07 Å². The van der Waals surface area contributed by atoms with Crippen molar-refractivity contribution in [1.82, 2.24) is 15.3 Å². The molecule has 5 heteroatoms. The summed E-state index contributed by atoms with van der Waals surface area (Å²) in [5, 5.41) is 3.22. The molecule has 2 rings (SSSR count). The SMILES string of the molecule is CCCNCCOc1nc2ccc(F)cc2[nH]1. The molecule has 0 amide bonds. The molecular weight excluding hydrogens is 221 g/mol. The molecule has 0 radical (unpaired) electrons. The van der Waals surface area contributed by atoms with Crippen LogP contribution >= 0.6 is 0 Å². The van der Waals surface area contributed by atoms with Crippen LogP contribution in [0.15, 0.2) is 18.2 Å². The third-order valence-corrected chi connectivity index (χ3v) is 2.37. The molecular formula is C12H16FN3O. The number of aromatic nitrogens is 2. The molecule has 1 heterocycles. The van der Waals surface area contributed by atoms with Gasteiger partial charge in [0.2, 0.25) is 0 Å². The molecule has 17 heavy (non-hydrogen) atoms. The number of aromatic amines is 1. The number of nitrogens with zero attached hydrogens (tertiary/aromatic N) is 1. The van der Waals surface area contributed by atoms with Crippen molar-refractivity contribution in [3.8, 4) is 6.01 Å². The van der Waals surface area contributed by atoms with Crippen molar-refractivity contribution in [3.63, 3.8) is 0 Å². The van der Waals surface area contributed by atoms with Gasteiger partial charge in [-0.15, -0.1) is 0 Å². The lowest BCUT2D eigenvalue weighted by molar-refractivity contribution is 0.294.